The minimum Gasteiger partial charge on any atom is -0.321 e. The molecule has 0 aliphatic heterocycles. The number of benzene rings is 3. The normalized spacial score (nSPS) is 10.8. The lowest BCUT2D eigenvalue weighted by Gasteiger charge is -2.11. The molecular weight excluding hydrogens is 263 g/mol. The van der Waals surface area contributed by atoms with Gasteiger partial charge in [-0.15, -0.1) is 0 Å². The molecule has 0 heterocycles. The van der Waals surface area contributed by atoms with Gasteiger partial charge in [-0.05, 0) is 59.2 Å². The molecule has 0 fully saturated rings. The second-order valence-corrected chi connectivity index (χ2v) is 5.11. The molecule has 0 bridgehead atoms. The Bertz CT molecular complexity index is 751. The van der Waals surface area contributed by atoms with E-state index < -0.39 is 0 Å². The molecule has 3 aromatic rings. The van der Waals surface area contributed by atoms with Crippen LogP contribution in [0.5, 0.6) is 0 Å². The SMILES string of the molecule is Cc1cc2ccccc2cc1CNNc1ccc(F)cc1. The van der Waals surface area contributed by atoms with Crippen LogP contribution in [0.4, 0.5) is 10.1 Å². The number of anilines is 1. The van der Waals surface area contributed by atoms with E-state index in [9.17, 15) is 4.39 Å². The fourth-order valence-electron chi connectivity index (χ4n) is 2.37. The first-order valence-corrected chi connectivity index (χ1v) is 6.95. The number of hydrazine groups is 1. The average molecular weight is 280 g/mol. The Morgan fingerprint density at radius 2 is 1.57 bits per heavy atom. The fraction of sp³-hybridized carbons (Fsp3) is 0.111. The third kappa shape index (κ3) is 3.20. The Morgan fingerprint density at radius 1 is 0.905 bits per heavy atom. The van der Waals surface area contributed by atoms with Gasteiger partial charge in [-0.3, -0.25) is 0 Å². The molecular formula is C18H17FN2. The van der Waals surface area contributed by atoms with Crippen molar-refractivity contribution in [2.75, 3.05) is 5.43 Å². The maximum Gasteiger partial charge on any atom is 0.123 e. The maximum atomic E-state index is 12.8. The van der Waals surface area contributed by atoms with Crippen LogP contribution in [-0.2, 0) is 6.54 Å². The summed E-state index contributed by atoms with van der Waals surface area (Å²) in [5.41, 5.74) is 9.58. The summed E-state index contributed by atoms with van der Waals surface area (Å²) in [6.45, 7) is 2.81. The van der Waals surface area contributed by atoms with Gasteiger partial charge in [-0.2, -0.15) is 0 Å². The van der Waals surface area contributed by atoms with E-state index in [1.54, 1.807) is 12.1 Å². The highest BCUT2D eigenvalue weighted by Gasteiger charge is 2.01. The molecule has 0 spiro atoms. The van der Waals surface area contributed by atoms with Crippen LogP contribution in [0, 0.1) is 12.7 Å². The Kier molecular flexibility index (Phi) is 3.84. The van der Waals surface area contributed by atoms with Crippen LogP contribution in [0.2, 0.25) is 0 Å². The smallest absolute Gasteiger partial charge is 0.123 e. The van der Waals surface area contributed by atoms with Crippen molar-refractivity contribution in [3.05, 3.63) is 77.6 Å². The monoisotopic (exact) mass is 280 g/mol. The molecule has 3 rings (SSSR count). The molecule has 0 aliphatic carbocycles. The molecule has 2 N–H and O–H groups in total. The largest absolute Gasteiger partial charge is 0.321 e. The average Bonchev–Trinajstić information content (AvgIpc) is 2.50. The van der Waals surface area contributed by atoms with E-state index in [0.29, 0.717) is 6.54 Å². The van der Waals surface area contributed by atoms with Crippen molar-refractivity contribution >= 4 is 16.5 Å². The van der Waals surface area contributed by atoms with Gasteiger partial charge in [0.2, 0.25) is 0 Å². The second kappa shape index (κ2) is 5.94. The fourth-order valence-corrected chi connectivity index (χ4v) is 2.37. The number of rotatable bonds is 4. The molecule has 0 radical (unpaired) electrons. The molecule has 0 unspecified atom stereocenters. The van der Waals surface area contributed by atoms with Crippen molar-refractivity contribution in [1.82, 2.24) is 5.43 Å². The summed E-state index contributed by atoms with van der Waals surface area (Å²) in [7, 11) is 0. The quantitative estimate of drug-likeness (QED) is 0.692. The number of hydrogen-bond donors (Lipinski definition) is 2. The van der Waals surface area contributed by atoms with E-state index in [2.05, 4.69) is 48.1 Å². The summed E-state index contributed by atoms with van der Waals surface area (Å²) in [5, 5.41) is 2.49. The lowest BCUT2D eigenvalue weighted by Crippen LogP contribution is -2.21. The standard InChI is InChI=1S/C18H17FN2/c1-13-10-14-4-2-3-5-15(14)11-16(13)12-20-21-18-8-6-17(19)7-9-18/h2-11,20-21H,12H2,1H3. The van der Waals surface area contributed by atoms with Crippen molar-refractivity contribution in [2.45, 2.75) is 13.5 Å². The number of hydrogen-bond acceptors (Lipinski definition) is 2. The summed E-state index contributed by atoms with van der Waals surface area (Å²) in [5.74, 6) is -0.231. The van der Waals surface area contributed by atoms with Gasteiger partial charge in [0.15, 0.2) is 0 Å². The highest BCUT2D eigenvalue weighted by Crippen LogP contribution is 2.19. The minimum atomic E-state index is -0.231. The van der Waals surface area contributed by atoms with Crippen LogP contribution in [0.25, 0.3) is 10.8 Å². The molecule has 0 aromatic heterocycles. The maximum absolute atomic E-state index is 12.8. The van der Waals surface area contributed by atoms with Crippen molar-refractivity contribution in [2.24, 2.45) is 0 Å². The number of fused-ring (bicyclic) bond motifs is 1. The third-order valence-electron chi connectivity index (χ3n) is 3.56. The van der Waals surface area contributed by atoms with Gasteiger partial charge < -0.3 is 5.43 Å². The molecule has 2 nitrogen and oxygen atoms in total. The van der Waals surface area contributed by atoms with Gasteiger partial charge in [-0.25, -0.2) is 9.82 Å². The topological polar surface area (TPSA) is 24.1 Å². The molecule has 106 valence electrons. The predicted molar refractivity (Wildman–Crippen MR) is 85.5 cm³/mol. The van der Waals surface area contributed by atoms with Crippen molar-refractivity contribution in [3.63, 3.8) is 0 Å². The highest BCUT2D eigenvalue weighted by molar-refractivity contribution is 5.84. The number of aryl methyl sites for hydroxylation is 1. The number of halogens is 1. The first kappa shape index (κ1) is 13.6. The zero-order chi connectivity index (χ0) is 14.7. The zero-order valence-corrected chi connectivity index (χ0v) is 11.9. The van der Waals surface area contributed by atoms with Crippen molar-refractivity contribution in [3.8, 4) is 0 Å². The van der Waals surface area contributed by atoms with Gasteiger partial charge >= 0.3 is 0 Å². The summed E-state index contributed by atoms with van der Waals surface area (Å²) in [4.78, 5) is 0. The van der Waals surface area contributed by atoms with Gasteiger partial charge in [0.1, 0.15) is 5.82 Å². The third-order valence-corrected chi connectivity index (χ3v) is 3.56. The van der Waals surface area contributed by atoms with Crippen LogP contribution in [0.15, 0.2) is 60.7 Å². The summed E-state index contributed by atoms with van der Waals surface area (Å²) < 4.78 is 12.8. The Hall–Kier alpha value is -2.39. The van der Waals surface area contributed by atoms with E-state index >= 15 is 0 Å². The van der Waals surface area contributed by atoms with Crippen LogP contribution in [0.1, 0.15) is 11.1 Å². The molecule has 0 saturated carbocycles. The van der Waals surface area contributed by atoms with E-state index in [0.717, 1.165) is 5.69 Å². The first-order valence-electron chi connectivity index (χ1n) is 6.95. The number of nitrogens with one attached hydrogen (secondary N) is 2. The molecule has 0 aliphatic rings. The predicted octanol–water partition coefficient (Wildman–Crippen LogP) is 4.40. The lowest BCUT2D eigenvalue weighted by atomic mass is 10.0. The summed E-state index contributed by atoms with van der Waals surface area (Å²) >= 11 is 0. The second-order valence-electron chi connectivity index (χ2n) is 5.11. The van der Waals surface area contributed by atoms with E-state index in [-0.39, 0.29) is 5.82 Å². The Morgan fingerprint density at radius 3 is 2.29 bits per heavy atom. The molecule has 3 aromatic carbocycles. The molecule has 0 atom stereocenters. The van der Waals surface area contributed by atoms with Gasteiger partial charge in [0.05, 0.1) is 0 Å². The van der Waals surface area contributed by atoms with Crippen LogP contribution in [-0.4, -0.2) is 0 Å². The van der Waals surface area contributed by atoms with Crippen LogP contribution < -0.4 is 10.9 Å². The molecule has 3 heteroatoms. The van der Waals surface area contributed by atoms with E-state index in [1.807, 2.05) is 6.07 Å². The molecule has 0 amide bonds. The van der Waals surface area contributed by atoms with Gasteiger partial charge in [0.25, 0.3) is 0 Å². The van der Waals surface area contributed by atoms with Crippen LogP contribution >= 0.6 is 0 Å². The minimum absolute atomic E-state index is 0.231. The summed E-state index contributed by atoms with van der Waals surface area (Å²) in [6, 6.07) is 19.0. The van der Waals surface area contributed by atoms with Crippen LogP contribution in [0.3, 0.4) is 0 Å². The first-order chi connectivity index (χ1) is 10.2. The van der Waals surface area contributed by atoms with Gasteiger partial charge in [-0.1, -0.05) is 30.3 Å². The van der Waals surface area contributed by atoms with Crippen molar-refractivity contribution < 1.29 is 4.39 Å². The summed E-state index contributed by atoms with van der Waals surface area (Å²) in [6.07, 6.45) is 0. The lowest BCUT2D eigenvalue weighted by molar-refractivity contribution is 0.628. The Labute approximate surface area is 123 Å². The highest BCUT2D eigenvalue weighted by atomic mass is 19.1. The zero-order valence-electron chi connectivity index (χ0n) is 11.9. The van der Waals surface area contributed by atoms with E-state index in [1.165, 1.54) is 34.0 Å². The Balaban J connectivity index is 1.70. The van der Waals surface area contributed by atoms with Crippen molar-refractivity contribution in [1.29, 1.82) is 0 Å². The van der Waals surface area contributed by atoms with Gasteiger partial charge in [0, 0.05) is 12.2 Å². The molecule has 21 heavy (non-hydrogen) atoms. The van der Waals surface area contributed by atoms with E-state index in [4.69, 9.17) is 0 Å². The molecule has 0 saturated heterocycles.